The van der Waals surface area contributed by atoms with Crippen molar-refractivity contribution in [3.63, 3.8) is 0 Å². The Bertz CT molecular complexity index is 1170. The zero-order valence-electron chi connectivity index (χ0n) is 20.4. The van der Waals surface area contributed by atoms with E-state index in [1.54, 1.807) is 6.07 Å². The van der Waals surface area contributed by atoms with Gasteiger partial charge in [0.15, 0.2) is 11.4 Å². The number of amides is 1. The molecule has 0 saturated carbocycles. The van der Waals surface area contributed by atoms with Gasteiger partial charge in [-0.1, -0.05) is 55.1 Å². The molecule has 0 aliphatic carbocycles. The van der Waals surface area contributed by atoms with E-state index in [0.717, 1.165) is 16.7 Å². The fourth-order valence-corrected chi connectivity index (χ4v) is 5.06. The molecule has 4 N–H and O–H groups in total. The number of hydrogen-bond donors (Lipinski definition) is 4. The zero-order valence-corrected chi connectivity index (χ0v) is 21.2. The van der Waals surface area contributed by atoms with Crippen LogP contribution in [0.2, 0.25) is 0 Å². The van der Waals surface area contributed by atoms with Crippen LogP contribution < -0.4 is 5.32 Å². The van der Waals surface area contributed by atoms with E-state index < -0.39 is 12.3 Å². The molecule has 2 aromatic carbocycles. The summed E-state index contributed by atoms with van der Waals surface area (Å²) >= 11 is 1.52. The van der Waals surface area contributed by atoms with Crippen LogP contribution in [0.25, 0.3) is 0 Å². The van der Waals surface area contributed by atoms with Gasteiger partial charge in [-0.15, -0.1) is 0 Å². The average molecular weight is 527 g/mol. The fourth-order valence-electron chi connectivity index (χ4n) is 4.12. The topological polar surface area (TPSA) is 147 Å². The molecule has 1 aromatic heterocycles. The number of aromatic amines is 1. The van der Waals surface area contributed by atoms with Crippen molar-refractivity contribution in [2.24, 2.45) is 5.92 Å². The monoisotopic (exact) mass is 526 g/mol. The van der Waals surface area contributed by atoms with E-state index in [0.29, 0.717) is 16.6 Å². The summed E-state index contributed by atoms with van der Waals surface area (Å²) in [5, 5.41) is 28.5. The number of anilines is 1. The largest absolute Gasteiger partial charge is 0.481 e. The number of carboxylic acids is 1. The lowest BCUT2D eigenvalue weighted by Crippen LogP contribution is -2.38. The molecule has 2 heterocycles. The van der Waals surface area contributed by atoms with Crippen LogP contribution in [0, 0.1) is 5.92 Å². The number of hydrogen-bond acceptors (Lipinski definition) is 8. The van der Waals surface area contributed by atoms with Gasteiger partial charge in [0.1, 0.15) is 6.33 Å². The minimum atomic E-state index is -0.924. The van der Waals surface area contributed by atoms with Gasteiger partial charge in [-0.05, 0) is 29.7 Å². The standard InChI is InChI=1S/C26H30N4O6S/c1-16-21(14-37-26-27-15-28-30-26)35-25(36-24(16)18-10-8-17(13-31)9-11-18)19-4-2-5-20(12-19)29-22(32)6-3-7-23(33)34/h2,4-5,8-12,15-16,21,24-25,31H,3,6-7,13-14H2,1H3,(H,29,32)(H,33,34)(H,27,28,30). The average Bonchev–Trinajstić information content (AvgIpc) is 3.42. The second kappa shape index (κ2) is 12.8. The maximum absolute atomic E-state index is 12.3. The lowest BCUT2D eigenvalue weighted by atomic mass is 9.91. The highest BCUT2D eigenvalue weighted by atomic mass is 32.2. The molecular weight excluding hydrogens is 496 g/mol. The Morgan fingerprint density at radius 1 is 1.11 bits per heavy atom. The highest BCUT2D eigenvalue weighted by molar-refractivity contribution is 7.99. The third-order valence-corrected chi connectivity index (χ3v) is 7.10. The smallest absolute Gasteiger partial charge is 0.303 e. The molecule has 0 spiro atoms. The van der Waals surface area contributed by atoms with Crippen molar-refractivity contribution in [3.8, 4) is 0 Å². The molecule has 4 atom stereocenters. The van der Waals surface area contributed by atoms with E-state index in [-0.39, 0.29) is 49.9 Å². The molecule has 0 radical (unpaired) electrons. The summed E-state index contributed by atoms with van der Waals surface area (Å²) < 4.78 is 12.9. The Balaban J connectivity index is 1.51. The van der Waals surface area contributed by atoms with Gasteiger partial charge >= 0.3 is 5.97 Å². The number of rotatable bonds is 11. The van der Waals surface area contributed by atoms with Crippen molar-refractivity contribution in [2.45, 2.75) is 56.4 Å². The van der Waals surface area contributed by atoms with Crippen molar-refractivity contribution in [1.82, 2.24) is 15.2 Å². The lowest BCUT2D eigenvalue weighted by Gasteiger charge is -2.41. The maximum atomic E-state index is 12.3. The number of nitrogens with zero attached hydrogens (tertiary/aromatic N) is 2. The van der Waals surface area contributed by atoms with Gasteiger partial charge in [0.25, 0.3) is 0 Å². The number of carboxylic acid groups (broad SMARTS) is 1. The first kappa shape index (κ1) is 26.8. The van der Waals surface area contributed by atoms with Crippen LogP contribution in [0.1, 0.15) is 55.3 Å². The SMILES string of the molecule is CC1C(CSc2ncn[nH]2)OC(c2cccc(NC(=O)CCCC(=O)O)c2)OC1c1ccc(CO)cc1. The molecule has 11 heteroatoms. The summed E-state index contributed by atoms with van der Waals surface area (Å²) in [7, 11) is 0. The van der Waals surface area contributed by atoms with E-state index in [4.69, 9.17) is 14.6 Å². The molecule has 4 rings (SSSR count). The first-order valence-electron chi connectivity index (χ1n) is 12.0. The van der Waals surface area contributed by atoms with E-state index in [1.807, 2.05) is 42.5 Å². The number of thioether (sulfide) groups is 1. The van der Waals surface area contributed by atoms with Gasteiger partial charge < -0.3 is 25.0 Å². The summed E-state index contributed by atoms with van der Waals surface area (Å²) in [5.41, 5.74) is 3.14. The molecule has 1 aliphatic heterocycles. The van der Waals surface area contributed by atoms with Crippen LogP contribution in [-0.2, 0) is 25.7 Å². The minimum Gasteiger partial charge on any atom is -0.481 e. The summed E-state index contributed by atoms with van der Waals surface area (Å²) in [6.45, 7) is 2.05. The molecule has 10 nitrogen and oxygen atoms in total. The summed E-state index contributed by atoms with van der Waals surface area (Å²) in [4.78, 5) is 27.1. The van der Waals surface area contributed by atoms with E-state index in [9.17, 15) is 14.7 Å². The maximum Gasteiger partial charge on any atom is 0.303 e. The van der Waals surface area contributed by atoms with Crippen molar-refractivity contribution in [1.29, 1.82) is 0 Å². The molecule has 196 valence electrons. The number of carbonyl (C=O) groups excluding carboxylic acids is 1. The molecule has 1 aliphatic rings. The van der Waals surface area contributed by atoms with Gasteiger partial charge in [0.05, 0.1) is 18.8 Å². The third-order valence-electron chi connectivity index (χ3n) is 6.14. The van der Waals surface area contributed by atoms with Crippen molar-refractivity contribution in [3.05, 3.63) is 71.5 Å². The van der Waals surface area contributed by atoms with Crippen molar-refractivity contribution < 1.29 is 29.3 Å². The molecule has 3 aromatic rings. The van der Waals surface area contributed by atoms with E-state index in [1.165, 1.54) is 18.1 Å². The van der Waals surface area contributed by atoms with Crippen LogP contribution in [0.3, 0.4) is 0 Å². The van der Waals surface area contributed by atoms with E-state index >= 15 is 0 Å². The number of benzene rings is 2. The number of carbonyl (C=O) groups is 2. The number of aliphatic hydroxyl groups is 1. The molecule has 1 fully saturated rings. The van der Waals surface area contributed by atoms with Gasteiger partial charge in [0.2, 0.25) is 5.91 Å². The second-order valence-corrected chi connectivity index (χ2v) is 9.85. The molecular formula is C26H30N4O6S. The molecule has 4 unspecified atom stereocenters. The first-order valence-corrected chi connectivity index (χ1v) is 13.0. The number of H-pyrrole nitrogens is 1. The van der Waals surface area contributed by atoms with Crippen LogP contribution in [-0.4, -0.2) is 49.1 Å². The first-order chi connectivity index (χ1) is 17.9. The molecule has 0 bridgehead atoms. The van der Waals surface area contributed by atoms with Gasteiger partial charge in [-0.3, -0.25) is 14.7 Å². The summed E-state index contributed by atoms with van der Waals surface area (Å²) in [6.07, 6.45) is 0.692. The van der Waals surface area contributed by atoms with Gasteiger partial charge in [-0.2, -0.15) is 5.10 Å². The minimum absolute atomic E-state index is 0.0174. The number of ether oxygens (including phenoxy) is 2. The normalized spacial score (nSPS) is 21.5. The van der Waals surface area contributed by atoms with Crippen LogP contribution in [0.5, 0.6) is 0 Å². The number of nitrogens with one attached hydrogen (secondary N) is 2. The quantitative estimate of drug-likeness (QED) is 0.271. The Labute approximate surface area is 218 Å². The Kier molecular flexibility index (Phi) is 9.29. The highest BCUT2D eigenvalue weighted by Gasteiger charge is 2.38. The molecule has 1 saturated heterocycles. The predicted molar refractivity (Wildman–Crippen MR) is 137 cm³/mol. The van der Waals surface area contributed by atoms with E-state index in [2.05, 4.69) is 27.4 Å². The summed E-state index contributed by atoms with van der Waals surface area (Å²) in [6, 6.07) is 15.0. The Morgan fingerprint density at radius 2 is 1.92 bits per heavy atom. The van der Waals surface area contributed by atoms with Crippen molar-refractivity contribution in [2.75, 3.05) is 11.1 Å². The van der Waals surface area contributed by atoms with Crippen LogP contribution in [0.4, 0.5) is 5.69 Å². The lowest BCUT2D eigenvalue weighted by molar-refractivity contribution is -0.268. The highest BCUT2D eigenvalue weighted by Crippen LogP contribution is 2.43. The predicted octanol–water partition coefficient (Wildman–Crippen LogP) is 4.07. The number of aliphatic carboxylic acids is 1. The molecule has 1 amide bonds. The Morgan fingerprint density at radius 3 is 2.62 bits per heavy atom. The number of aliphatic hydroxyl groups excluding tert-OH is 1. The van der Waals surface area contributed by atoms with Crippen molar-refractivity contribution >= 4 is 29.3 Å². The zero-order chi connectivity index (χ0) is 26.2. The third kappa shape index (κ3) is 7.39. The van der Waals surface area contributed by atoms with Crippen LogP contribution in [0.15, 0.2) is 60.0 Å². The second-order valence-electron chi connectivity index (χ2n) is 8.84. The number of aromatic nitrogens is 3. The summed E-state index contributed by atoms with van der Waals surface area (Å²) in [5.74, 6) is -0.529. The Hall–Kier alpha value is -3.25. The van der Waals surface area contributed by atoms with Gasteiger partial charge in [0, 0.05) is 35.8 Å². The fraction of sp³-hybridized carbons (Fsp3) is 0.385. The molecule has 37 heavy (non-hydrogen) atoms. The van der Waals surface area contributed by atoms with Crippen LogP contribution >= 0.6 is 11.8 Å². The van der Waals surface area contributed by atoms with Gasteiger partial charge in [-0.25, -0.2) is 4.98 Å².